The molecule has 0 aliphatic heterocycles. The highest BCUT2D eigenvalue weighted by atomic mass is 16.6. The van der Waals surface area contributed by atoms with E-state index in [0.717, 1.165) is 77.0 Å². The molecule has 0 saturated heterocycles. The van der Waals surface area contributed by atoms with Crippen LogP contribution >= 0.6 is 0 Å². The molecule has 0 radical (unpaired) electrons. The summed E-state index contributed by atoms with van der Waals surface area (Å²) in [5, 5.41) is 0. The molecule has 0 aliphatic rings. The molecule has 0 aromatic rings. The average Bonchev–Trinajstić information content (AvgIpc) is 3.23. The van der Waals surface area contributed by atoms with E-state index in [4.69, 9.17) is 14.2 Å². The standard InChI is InChI=1S/C53H96O6/c1-4-7-10-13-16-19-22-23-24-25-26-27-28-29-32-34-37-40-43-46-52(55)58-49-50(59-53(56)47-44-41-38-35-31-21-18-15-12-9-6-3)48-57-51(54)45-42-39-36-33-30-20-17-14-11-8-5-2/h14-15,17-18,25-26,50H,4-13,16,19-24,27-49H2,1-3H3/b17-14-,18-15-,26-25-/t50-/m1/s1. The zero-order valence-corrected chi connectivity index (χ0v) is 39.3. The van der Waals surface area contributed by atoms with Gasteiger partial charge in [-0.25, -0.2) is 0 Å². The van der Waals surface area contributed by atoms with Crippen LogP contribution in [0.5, 0.6) is 0 Å². The Morgan fingerprint density at radius 3 is 0.898 bits per heavy atom. The molecule has 0 heterocycles. The molecule has 0 aromatic carbocycles. The molecule has 1 atom stereocenters. The van der Waals surface area contributed by atoms with Crippen molar-refractivity contribution in [3.05, 3.63) is 36.5 Å². The number of carbonyl (C=O) groups excluding carboxylic acids is 3. The van der Waals surface area contributed by atoms with E-state index in [9.17, 15) is 14.4 Å². The fraction of sp³-hybridized carbons (Fsp3) is 0.830. The van der Waals surface area contributed by atoms with Gasteiger partial charge in [-0.05, 0) is 83.5 Å². The molecule has 59 heavy (non-hydrogen) atoms. The van der Waals surface area contributed by atoms with E-state index in [2.05, 4.69) is 57.2 Å². The van der Waals surface area contributed by atoms with Crippen molar-refractivity contribution in [2.24, 2.45) is 0 Å². The van der Waals surface area contributed by atoms with Crippen LogP contribution in [-0.2, 0) is 28.6 Å². The molecule has 0 aromatic heterocycles. The van der Waals surface area contributed by atoms with Crippen LogP contribution in [0.1, 0.15) is 265 Å². The molecule has 0 saturated carbocycles. The summed E-state index contributed by atoms with van der Waals surface area (Å²) in [6.07, 6.45) is 55.6. The summed E-state index contributed by atoms with van der Waals surface area (Å²) in [5.41, 5.74) is 0. The summed E-state index contributed by atoms with van der Waals surface area (Å²) in [4.78, 5) is 37.8. The minimum absolute atomic E-state index is 0.0793. The minimum atomic E-state index is -0.778. The normalized spacial score (nSPS) is 12.3. The van der Waals surface area contributed by atoms with E-state index in [1.165, 1.54) is 148 Å². The first kappa shape index (κ1) is 56.6. The Bertz CT molecular complexity index is 1000. The summed E-state index contributed by atoms with van der Waals surface area (Å²) in [5.74, 6) is -0.897. The molecule has 344 valence electrons. The largest absolute Gasteiger partial charge is 0.462 e. The van der Waals surface area contributed by atoms with Gasteiger partial charge in [0, 0.05) is 19.3 Å². The van der Waals surface area contributed by atoms with Crippen LogP contribution in [0.15, 0.2) is 36.5 Å². The third kappa shape index (κ3) is 46.5. The summed E-state index contributed by atoms with van der Waals surface area (Å²) in [7, 11) is 0. The van der Waals surface area contributed by atoms with E-state index in [1.54, 1.807) is 0 Å². The van der Waals surface area contributed by atoms with Gasteiger partial charge >= 0.3 is 17.9 Å². The van der Waals surface area contributed by atoms with Crippen molar-refractivity contribution in [3.63, 3.8) is 0 Å². The SMILES string of the molecule is CCCC/C=C\CCCCCCCC(=O)OC[C@H](COC(=O)CCCCCCCCC/C=C\CCCCCCCCCC)OC(=O)CCCCCCC/C=C\CCCC. The van der Waals surface area contributed by atoms with Crippen LogP contribution in [0.25, 0.3) is 0 Å². The number of hydrogen-bond acceptors (Lipinski definition) is 6. The number of unbranched alkanes of at least 4 members (excludes halogenated alkanes) is 29. The lowest BCUT2D eigenvalue weighted by Crippen LogP contribution is -2.30. The maximum atomic E-state index is 12.7. The lowest BCUT2D eigenvalue weighted by molar-refractivity contribution is -0.167. The van der Waals surface area contributed by atoms with E-state index in [-0.39, 0.29) is 31.1 Å². The van der Waals surface area contributed by atoms with Gasteiger partial charge in [-0.1, -0.05) is 198 Å². The minimum Gasteiger partial charge on any atom is -0.462 e. The van der Waals surface area contributed by atoms with Crippen molar-refractivity contribution >= 4 is 17.9 Å². The number of carbonyl (C=O) groups is 3. The Morgan fingerprint density at radius 1 is 0.322 bits per heavy atom. The van der Waals surface area contributed by atoms with Gasteiger partial charge in [0.15, 0.2) is 6.10 Å². The Balaban J connectivity index is 4.29. The maximum absolute atomic E-state index is 12.7. The van der Waals surface area contributed by atoms with Gasteiger partial charge in [-0.2, -0.15) is 0 Å². The zero-order chi connectivity index (χ0) is 43.0. The predicted octanol–water partition coefficient (Wildman–Crippen LogP) is 16.5. The molecule has 0 spiro atoms. The fourth-order valence-electron chi connectivity index (χ4n) is 7.16. The van der Waals surface area contributed by atoms with Crippen LogP contribution in [0.2, 0.25) is 0 Å². The first-order chi connectivity index (χ1) is 29.0. The van der Waals surface area contributed by atoms with Gasteiger partial charge < -0.3 is 14.2 Å². The third-order valence-corrected chi connectivity index (χ3v) is 11.1. The highest BCUT2D eigenvalue weighted by molar-refractivity contribution is 5.71. The number of ether oxygens (including phenoxy) is 3. The lowest BCUT2D eigenvalue weighted by Gasteiger charge is -2.18. The Labute approximate surface area is 365 Å². The molecule has 6 nitrogen and oxygen atoms in total. The molecule has 0 fully saturated rings. The molecule has 0 unspecified atom stereocenters. The quantitative estimate of drug-likeness (QED) is 0.0263. The van der Waals surface area contributed by atoms with Crippen molar-refractivity contribution in [2.75, 3.05) is 13.2 Å². The summed E-state index contributed by atoms with van der Waals surface area (Å²) in [6, 6.07) is 0. The Morgan fingerprint density at radius 2 is 0.576 bits per heavy atom. The second-order valence-electron chi connectivity index (χ2n) is 17.1. The van der Waals surface area contributed by atoms with Crippen LogP contribution in [0.4, 0.5) is 0 Å². The smallest absolute Gasteiger partial charge is 0.306 e. The van der Waals surface area contributed by atoms with E-state index >= 15 is 0 Å². The monoisotopic (exact) mass is 829 g/mol. The van der Waals surface area contributed by atoms with Gasteiger partial charge in [0.05, 0.1) is 0 Å². The molecular formula is C53H96O6. The number of rotatable bonds is 46. The van der Waals surface area contributed by atoms with Gasteiger partial charge in [-0.3, -0.25) is 14.4 Å². The molecule has 0 aliphatic carbocycles. The van der Waals surface area contributed by atoms with E-state index in [1.807, 2.05) is 0 Å². The topological polar surface area (TPSA) is 78.9 Å². The zero-order valence-electron chi connectivity index (χ0n) is 39.3. The van der Waals surface area contributed by atoms with Crippen LogP contribution in [0, 0.1) is 0 Å². The highest BCUT2D eigenvalue weighted by Gasteiger charge is 2.19. The van der Waals surface area contributed by atoms with Gasteiger partial charge in [0.2, 0.25) is 0 Å². The molecular weight excluding hydrogens is 733 g/mol. The van der Waals surface area contributed by atoms with Crippen molar-refractivity contribution in [1.29, 1.82) is 0 Å². The number of hydrogen-bond donors (Lipinski definition) is 0. The van der Waals surface area contributed by atoms with Crippen LogP contribution < -0.4 is 0 Å². The molecule has 0 amide bonds. The average molecular weight is 829 g/mol. The van der Waals surface area contributed by atoms with Gasteiger partial charge in [0.25, 0.3) is 0 Å². The molecule has 6 heteroatoms. The number of allylic oxidation sites excluding steroid dienone is 6. The van der Waals surface area contributed by atoms with Crippen molar-refractivity contribution in [1.82, 2.24) is 0 Å². The summed E-state index contributed by atoms with van der Waals surface area (Å²) >= 11 is 0. The fourth-order valence-corrected chi connectivity index (χ4v) is 7.16. The van der Waals surface area contributed by atoms with E-state index in [0.29, 0.717) is 19.3 Å². The Kier molecular flexibility index (Phi) is 46.4. The van der Waals surface area contributed by atoms with Crippen molar-refractivity contribution in [2.45, 2.75) is 271 Å². The second-order valence-corrected chi connectivity index (χ2v) is 17.1. The highest BCUT2D eigenvalue weighted by Crippen LogP contribution is 2.14. The summed E-state index contributed by atoms with van der Waals surface area (Å²) in [6.45, 7) is 6.55. The molecule has 0 bridgehead atoms. The molecule has 0 N–H and O–H groups in total. The second kappa shape index (κ2) is 48.3. The first-order valence-corrected chi connectivity index (χ1v) is 25.5. The van der Waals surface area contributed by atoms with Crippen molar-refractivity contribution in [3.8, 4) is 0 Å². The maximum Gasteiger partial charge on any atom is 0.306 e. The van der Waals surface area contributed by atoms with Crippen LogP contribution in [0.3, 0.4) is 0 Å². The number of esters is 3. The van der Waals surface area contributed by atoms with E-state index < -0.39 is 6.10 Å². The molecule has 0 rings (SSSR count). The third-order valence-electron chi connectivity index (χ3n) is 11.1. The summed E-state index contributed by atoms with van der Waals surface area (Å²) < 4.78 is 16.7. The van der Waals surface area contributed by atoms with Gasteiger partial charge in [-0.15, -0.1) is 0 Å². The first-order valence-electron chi connectivity index (χ1n) is 25.5. The van der Waals surface area contributed by atoms with Crippen LogP contribution in [-0.4, -0.2) is 37.2 Å². The Hall–Kier alpha value is -2.37. The predicted molar refractivity (Wildman–Crippen MR) is 252 cm³/mol. The van der Waals surface area contributed by atoms with Crippen molar-refractivity contribution < 1.29 is 28.6 Å². The van der Waals surface area contributed by atoms with Gasteiger partial charge in [0.1, 0.15) is 13.2 Å². The lowest BCUT2D eigenvalue weighted by atomic mass is 10.1.